The smallest absolute Gasteiger partial charge is 0.246 e. The Bertz CT molecular complexity index is 289. The molecule has 2 aliphatic rings. The molecule has 5 nitrogen and oxygen atoms in total. The summed E-state index contributed by atoms with van der Waals surface area (Å²) in [7, 11) is 2.00. The van der Waals surface area contributed by atoms with Gasteiger partial charge in [0.25, 0.3) is 0 Å². The first kappa shape index (κ1) is 12.4. The summed E-state index contributed by atoms with van der Waals surface area (Å²) in [5, 5.41) is 0. The van der Waals surface area contributed by atoms with Crippen LogP contribution in [0, 0.1) is 0 Å². The van der Waals surface area contributed by atoms with Gasteiger partial charge >= 0.3 is 0 Å². The molecule has 2 rings (SSSR count). The van der Waals surface area contributed by atoms with Crippen molar-refractivity contribution >= 4 is 12.3 Å². The lowest BCUT2D eigenvalue weighted by Gasteiger charge is -2.40. The van der Waals surface area contributed by atoms with Gasteiger partial charge in [-0.25, -0.2) is 0 Å². The second-order valence-corrected chi connectivity index (χ2v) is 5.01. The van der Waals surface area contributed by atoms with Crippen LogP contribution < -0.4 is 0 Å². The first-order chi connectivity index (χ1) is 8.22. The molecule has 0 spiro atoms. The minimum Gasteiger partial charge on any atom is -0.341 e. The number of likely N-dealkylation sites (N-methyl/N-ethyl adjacent to an activating group) is 1. The molecule has 2 aliphatic heterocycles. The number of piperidine rings is 1. The molecule has 1 atom stereocenters. The predicted molar refractivity (Wildman–Crippen MR) is 64.5 cm³/mol. The van der Waals surface area contributed by atoms with Crippen LogP contribution in [0.15, 0.2) is 0 Å². The minimum atomic E-state index is -0.274. The Morgan fingerprint density at radius 3 is 2.47 bits per heavy atom. The van der Waals surface area contributed by atoms with Gasteiger partial charge in [-0.3, -0.25) is 9.59 Å². The largest absolute Gasteiger partial charge is 0.341 e. The third kappa shape index (κ3) is 2.77. The van der Waals surface area contributed by atoms with Gasteiger partial charge in [-0.05, 0) is 26.3 Å². The molecule has 2 amide bonds. The molecule has 0 bridgehead atoms. The molecule has 2 saturated heterocycles. The molecular formula is C12H21N3O2. The molecule has 2 fully saturated rings. The summed E-state index contributed by atoms with van der Waals surface area (Å²) >= 11 is 0. The fraction of sp³-hybridized carbons (Fsp3) is 0.833. The van der Waals surface area contributed by atoms with Crippen LogP contribution in [0.4, 0.5) is 0 Å². The van der Waals surface area contributed by atoms with Crippen molar-refractivity contribution < 1.29 is 9.59 Å². The molecule has 0 aliphatic carbocycles. The number of carbonyl (C=O) groups excluding carboxylic acids is 2. The van der Waals surface area contributed by atoms with Crippen LogP contribution >= 0.6 is 0 Å². The zero-order valence-corrected chi connectivity index (χ0v) is 10.5. The Hall–Kier alpha value is -1.10. The van der Waals surface area contributed by atoms with E-state index in [4.69, 9.17) is 0 Å². The molecule has 96 valence electrons. The summed E-state index contributed by atoms with van der Waals surface area (Å²) in [5.74, 6) is 0.128. The molecule has 2 heterocycles. The molecule has 0 aromatic rings. The van der Waals surface area contributed by atoms with Crippen molar-refractivity contribution in [3.8, 4) is 0 Å². The fourth-order valence-corrected chi connectivity index (χ4v) is 2.60. The van der Waals surface area contributed by atoms with Crippen LogP contribution in [0.3, 0.4) is 0 Å². The number of likely N-dealkylation sites (tertiary alicyclic amines) is 1. The van der Waals surface area contributed by atoms with E-state index in [9.17, 15) is 9.59 Å². The van der Waals surface area contributed by atoms with Gasteiger partial charge in [0.15, 0.2) is 0 Å². The Morgan fingerprint density at radius 1 is 1.12 bits per heavy atom. The molecular weight excluding hydrogens is 218 g/mol. The van der Waals surface area contributed by atoms with E-state index in [1.54, 1.807) is 4.90 Å². The lowest BCUT2D eigenvalue weighted by molar-refractivity contribution is -0.144. The number of piperazine rings is 1. The Kier molecular flexibility index (Phi) is 3.99. The van der Waals surface area contributed by atoms with Crippen molar-refractivity contribution in [2.45, 2.75) is 25.3 Å². The molecule has 1 unspecified atom stereocenters. The summed E-state index contributed by atoms with van der Waals surface area (Å²) in [6.45, 7) is 3.87. The second-order valence-electron chi connectivity index (χ2n) is 5.01. The van der Waals surface area contributed by atoms with E-state index in [1.165, 1.54) is 6.42 Å². The van der Waals surface area contributed by atoms with E-state index in [-0.39, 0.29) is 11.9 Å². The summed E-state index contributed by atoms with van der Waals surface area (Å²) in [4.78, 5) is 29.1. The first-order valence-corrected chi connectivity index (χ1v) is 6.41. The van der Waals surface area contributed by atoms with Gasteiger partial charge in [-0.1, -0.05) is 0 Å². The number of hydrogen-bond donors (Lipinski definition) is 0. The quantitative estimate of drug-likeness (QED) is 0.625. The van der Waals surface area contributed by atoms with Crippen molar-refractivity contribution in [3.63, 3.8) is 0 Å². The number of rotatable bonds is 2. The normalized spacial score (nSPS) is 27.0. The third-order valence-corrected chi connectivity index (χ3v) is 3.71. The number of amides is 2. The third-order valence-electron chi connectivity index (χ3n) is 3.71. The van der Waals surface area contributed by atoms with Crippen LogP contribution in [-0.2, 0) is 9.59 Å². The summed E-state index contributed by atoms with van der Waals surface area (Å²) in [6.07, 6.45) is 4.22. The van der Waals surface area contributed by atoms with Crippen LogP contribution in [0.1, 0.15) is 19.3 Å². The van der Waals surface area contributed by atoms with Gasteiger partial charge < -0.3 is 14.7 Å². The van der Waals surface area contributed by atoms with Crippen molar-refractivity contribution in [1.29, 1.82) is 0 Å². The van der Waals surface area contributed by atoms with E-state index in [1.807, 2.05) is 11.9 Å². The van der Waals surface area contributed by atoms with Crippen LogP contribution in [0.25, 0.3) is 0 Å². The average Bonchev–Trinajstić information content (AvgIpc) is 2.39. The van der Waals surface area contributed by atoms with Crippen molar-refractivity contribution in [1.82, 2.24) is 14.7 Å². The molecule has 0 radical (unpaired) electrons. The van der Waals surface area contributed by atoms with E-state index in [0.717, 1.165) is 38.9 Å². The van der Waals surface area contributed by atoms with E-state index in [0.29, 0.717) is 13.1 Å². The SMILES string of the molecule is CN1CCN(C=O)C(C(=O)N2CCCCC2)C1. The van der Waals surface area contributed by atoms with Gasteiger partial charge in [0.1, 0.15) is 6.04 Å². The Morgan fingerprint density at radius 2 is 1.82 bits per heavy atom. The number of hydrogen-bond acceptors (Lipinski definition) is 3. The monoisotopic (exact) mass is 239 g/mol. The number of carbonyl (C=O) groups is 2. The van der Waals surface area contributed by atoms with Crippen LogP contribution in [-0.4, -0.2) is 72.8 Å². The molecule has 0 N–H and O–H groups in total. The van der Waals surface area contributed by atoms with Crippen molar-refractivity contribution in [2.24, 2.45) is 0 Å². The first-order valence-electron chi connectivity index (χ1n) is 6.41. The maximum Gasteiger partial charge on any atom is 0.246 e. The van der Waals surface area contributed by atoms with Crippen LogP contribution in [0.2, 0.25) is 0 Å². The van der Waals surface area contributed by atoms with E-state index < -0.39 is 0 Å². The van der Waals surface area contributed by atoms with Crippen molar-refractivity contribution in [2.75, 3.05) is 39.8 Å². The summed E-state index contributed by atoms with van der Waals surface area (Å²) in [5.41, 5.74) is 0. The van der Waals surface area contributed by atoms with Gasteiger partial charge in [0.05, 0.1) is 0 Å². The Labute approximate surface area is 102 Å². The van der Waals surface area contributed by atoms with Gasteiger partial charge in [0, 0.05) is 32.7 Å². The highest BCUT2D eigenvalue weighted by molar-refractivity contribution is 5.84. The topological polar surface area (TPSA) is 43.9 Å². The zero-order valence-electron chi connectivity index (χ0n) is 10.5. The summed E-state index contributed by atoms with van der Waals surface area (Å²) in [6, 6.07) is -0.274. The molecule has 0 aromatic carbocycles. The average molecular weight is 239 g/mol. The highest BCUT2D eigenvalue weighted by atomic mass is 16.2. The van der Waals surface area contributed by atoms with E-state index in [2.05, 4.69) is 4.90 Å². The summed E-state index contributed by atoms with van der Waals surface area (Å²) < 4.78 is 0. The molecule has 17 heavy (non-hydrogen) atoms. The van der Waals surface area contributed by atoms with E-state index >= 15 is 0 Å². The van der Waals surface area contributed by atoms with Crippen LogP contribution in [0.5, 0.6) is 0 Å². The second kappa shape index (κ2) is 5.49. The van der Waals surface area contributed by atoms with Gasteiger partial charge in [0.2, 0.25) is 12.3 Å². The van der Waals surface area contributed by atoms with Crippen molar-refractivity contribution in [3.05, 3.63) is 0 Å². The maximum atomic E-state index is 12.4. The molecule has 0 saturated carbocycles. The lowest BCUT2D eigenvalue weighted by Crippen LogP contribution is -2.58. The standard InChI is InChI=1S/C12H21N3O2/c1-13-7-8-15(10-16)11(9-13)12(17)14-5-3-2-4-6-14/h10-11H,2-9H2,1H3. The molecule has 5 heteroatoms. The zero-order chi connectivity index (χ0) is 12.3. The lowest BCUT2D eigenvalue weighted by atomic mass is 10.1. The highest BCUT2D eigenvalue weighted by Crippen LogP contribution is 2.14. The minimum absolute atomic E-state index is 0.128. The fourth-order valence-electron chi connectivity index (χ4n) is 2.60. The molecule has 0 aromatic heterocycles. The highest BCUT2D eigenvalue weighted by Gasteiger charge is 2.33. The Balaban J connectivity index is 2.01. The number of nitrogens with zero attached hydrogens (tertiary/aromatic N) is 3. The van der Waals surface area contributed by atoms with Gasteiger partial charge in [-0.2, -0.15) is 0 Å². The maximum absolute atomic E-state index is 12.4. The predicted octanol–water partition coefficient (Wildman–Crippen LogP) is -0.229. The van der Waals surface area contributed by atoms with Gasteiger partial charge in [-0.15, -0.1) is 0 Å².